The van der Waals surface area contributed by atoms with Crippen LogP contribution in [0.15, 0.2) is 67.0 Å². The van der Waals surface area contributed by atoms with Gasteiger partial charge in [0.1, 0.15) is 0 Å². The van der Waals surface area contributed by atoms with Gasteiger partial charge in [0.05, 0.1) is 23.5 Å². The molecule has 2 aromatic carbocycles. The number of carbonyl (C=O) groups is 1. The molecule has 7 nitrogen and oxygen atoms in total. The largest absolute Gasteiger partial charge is 0.339 e. The summed E-state index contributed by atoms with van der Waals surface area (Å²) >= 11 is 0. The first kappa shape index (κ1) is 20.9. The summed E-state index contributed by atoms with van der Waals surface area (Å²) < 4.78 is 1.74. The highest BCUT2D eigenvalue weighted by Gasteiger charge is 2.22. The van der Waals surface area contributed by atoms with Crippen LogP contribution in [-0.4, -0.2) is 51.6 Å². The SMILES string of the molecule is CNC1CCN(C(=O)c2ccc(-c3ccn4ncc(-c5ccc(C#N)cc5)c4n3)cc2)CC1. The second-order valence-corrected chi connectivity index (χ2v) is 8.26. The lowest BCUT2D eigenvalue weighted by Crippen LogP contribution is -2.43. The van der Waals surface area contributed by atoms with Gasteiger partial charge in [0.2, 0.25) is 0 Å². The highest BCUT2D eigenvalue weighted by molar-refractivity contribution is 5.94. The summed E-state index contributed by atoms with van der Waals surface area (Å²) in [6.45, 7) is 1.56. The van der Waals surface area contributed by atoms with E-state index in [2.05, 4.69) is 16.5 Å². The fourth-order valence-corrected chi connectivity index (χ4v) is 4.30. The Labute approximate surface area is 192 Å². The average Bonchev–Trinajstić information content (AvgIpc) is 3.32. The molecule has 2 aromatic heterocycles. The molecule has 1 amide bonds. The van der Waals surface area contributed by atoms with Crippen molar-refractivity contribution in [2.75, 3.05) is 20.1 Å². The Morgan fingerprint density at radius 3 is 2.39 bits per heavy atom. The number of likely N-dealkylation sites (tertiary alicyclic amines) is 1. The van der Waals surface area contributed by atoms with E-state index in [1.165, 1.54) is 0 Å². The van der Waals surface area contributed by atoms with Gasteiger partial charge in [-0.15, -0.1) is 0 Å². The van der Waals surface area contributed by atoms with Crippen LogP contribution >= 0.6 is 0 Å². The van der Waals surface area contributed by atoms with Gasteiger partial charge in [-0.05, 0) is 55.8 Å². The number of aromatic nitrogens is 3. The van der Waals surface area contributed by atoms with Crippen molar-refractivity contribution >= 4 is 11.6 Å². The van der Waals surface area contributed by atoms with Crippen LogP contribution in [0.1, 0.15) is 28.8 Å². The molecule has 5 rings (SSSR count). The number of hydrogen-bond donors (Lipinski definition) is 1. The fourth-order valence-electron chi connectivity index (χ4n) is 4.30. The van der Waals surface area contributed by atoms with Crippen LogP contribution in [0.4, 0.5) is 0 Å². The van der Waals surface area contributed by atoms with Gasteiger partial charge in [-0.2, -0.15) is 10.4 Å². The summed E-state index contributed by atoms with van der Waals surface area (Å²) in [5.41, 5.74) is 5.66. The molecule has 0 saturated carbocycles. The molecule has 1 fully saturated rings. The lowest BCUT2D eigenvalue weighted by atomic mass is 10.0. The fraction of sp³-hybridized carbons (Fsp3) is 0.231. The molecule has 1 aliphatic heterocycles. The topological polar surface area (TPSA) is 86.3 Å². The second-order valence-electron chi connectivity index (χ2n) is 8.26. The number of nitrogens with zero attached hydrogens (tertiary/aromatic N) is 5. The highest BCUT2D eigenvalue weighted by Crippen LogP contribution is 2.26. The van der Waals surface area contributed by atoms with Gasteiger partial charge in [0.15, 0.2) is 5.65 Å². The van der Waals surface area contributed by atoms with E-state index in [0.717, 1.165) is 54.0 Å². The summed E-state index contributed by atoms with van der Waals surface area (Å²) in [4.78, 5) is 19.7. The second kappa shape index (κ2) is 8.85. The van der Waals surface area contributed by atoms with Crippen LogP contribution in [-0.2, 0) is 0 Å². The van der Waals surface area contributed by atoms with Crippen LogP contribution in [0.3, 0.4) is 0 Å². The molecule has 1 N–H and O–H groups in total. The summed E-state index contributed by atoms with van der Waals surface area (Å²) in [6, 6.07) is 19.6. The number of rotatable bonds is 4. The molecule has 0 aliphatic carbocycles. The summed E-state index contributed by atoms with van der Waals surface area (Å²) in [7, 11) is 1.98. The van der Waals surface area contributed by atoms with E-state index >= 15 is 0 Å². The molecule has 0 unspecified atom stereocenters. The molecule has 4 aromatic rings. The quantitative estimate of drug-likeness (QED) is 0.526. The number of hydrogen-bond acceptors (Lipinski definition) is 5. The molecule has 1 aliphatic rings. The third kappa shape index (κ3) is 4.09. The Morgan fingerprint density at radius 2 is 1.73 bits per heavy atom. The van der Waals surface area contributed by atoms with Crippen molar-refractivity contribution in [1.29, 1.82) is 5.26 Å². The predicted molar refractivity (Wildman–Crippen MR) is 127 cm³/mol. The van der Waals surface area contributed by atoms with E-state index in [1.807, 2.05) is 60.6 Å². The van der Waals surface area contributed by atoms with Gasteiger partial charge in [0, 0.05) is 42.0 Å². The van der Waals surface area contributed by atoms with Crippen molar-refractivity contribution in [3.8, 4) is 28.5 Å². The Morgan fingerprint density at radius 1 is 1.03 bits per heavy atom. The molecule has 0 bridgehead atoms. The minimum atomic E-state index is 0.0819. The van der Waals surface area contributed by atoms with E-state index in [9.17, 15) is 4.79 Å². The average molecular weight is 437 g/mol. The molecule has 3 heterocycles. The molecule has 33 heavy (non-hydrogen) atoms. The maximum atomic E-state index is 12.9. The van der Waals surface area contributed by atoms with Gasteiger partial charge in [-0.3, -0.25) is 4.79 Å². The number of nitriles is 1. The molecule has 0 atom stereocenters. The molecular weight excluding hydrogens is 412 g/mol. The van der Waals surface area contributed by atoms with E-state index < -0.39 is 0 Å². The number of amides is 1. The van der Waals surface area contributed by atoms with Crippen molar-refractivity contribution in [3.05, 3.63) is 78.1 Å². The maximum Gasteiger partial charge on any atom is 0.253 e. The lowest BCUT2D eigenvalue weighted by Gasteiger charge is -2.31. The number of carbonyl (C=O) groups excluding carboxylic acids is 1. The van der Waals surface area contributed by atoms with Gasteiger partial charge >= 0.3 is 0 Å². The first-order chi connectivity index (χ1) is 16.2. The normalized spacial score (nSPS) is 14.4. The summed E-state index contributed by atoms with van der Waals surface area (Å²) in [6.07, 6.45) is 5.64. The van der Waals surface area contributed by atoms with E-state index in [0.29, 0.717) is 17.2 Å². The lowest BCUT2D eigenvalue weighted by molar-refractivity contribution is 0.0707. The smallest absolute Gasteiger partial charge is 0.253 e. The number of benzene rings is 2. The van der Waals surface area contributed by atoms with Crippen molar-refractivity contribution in [3.63, 3.8) is 0 Å². The molecule has 7 heteroatoms. The molecule has 164 valence electrons. The zero-order valence-electron chi connectivity index (χ0n) is 18.4. The molecular formula is C26H24N6O. The van der Waals surface area contributed by atoms with E-state index in [1.54, 1.807) is 22.8 Å². The first-order valence-electron chi connectivity index (χ1n) is 11.1. The Bertz CT molecular complexity index is 1330. The third-order valence-corrected chi connectivity index (χ3v) is 6.31. The third-order valence-electron chi connectivity index (χ3n) is 6.31. The van der Waals surface area contributed by atoms with E-state index in [-0.39, 0.29) is 5.91 Å². The zero-order chi connectivity index (χ0) is 22.8. The van der Waals surface area contributed by atoms with Crippen LogP contribution in [0.25, 0.3) is 28.0 Å². The minimum Gasteiger partial charge on any atom is -0.339 e. The molecule has 0 spiro atoms. The van der Waals surface area contributed by atoms with Crippen molar-refractivity contribution in [1.82, 2.24) is 24.8 Å². The summed E-state index contributed by atoms with van der Waals surface area (Å²) in [5.74, 6) is 0.0819. The van der Waals surface area contributed by atoms with Crippen LogP contribution in [0.5, 0.6) is 0 Å². The number of piperidine rings is 1. The Kier molecular flexibility index (Phi) is 5.59. The van der Waals surface area contributed by atoms with Gasteiger partial charge < -0.3 is 10.2 Å². The van der Waals surface area contributed by atoms with Crippen molar-refractivity contribution in [2.24, 2.45) is 0 Å². The standard InChI is InChI=1S/C26H24N6O/c1-28-22-10-13-31(14-11-22)26(33)21-8-6-20(7-9-21)24-12-15-32-25(30-24)23(17-29-32)19-4-2-18(16-27)3-5-19/h2-9,12,15,17,22,28H,10-11,13-14H2,1H3. The number of fused-ring (bicyclic) bond motifs is 1. The van der Waals surface area contributed by atoms with Crippen LogP contribution < -0.4 is 5.32 Å². The Balaban J connectivity index is 1.39. The monoisotopic (exact) mass is 436 g/mol. The number of nitrogens with one attached hydrogen (secondary N) is 1. The van der Waals surface area contributed by atoms with Crippen LogP contribution in [0.2, 0.25) is 0 Å². The van der Waals surface area contributed by atoms with E-state index in [4.69, 9.17) is 10.2 Å². The van der Waals surface area contributed by atoms with Gasteiger partial charge in [-0.25, -0.2) is 9.50 Å². The predicted octanol–water partition coefficient (Wildman–Crippen LogP) is 3.76. The van der Waals surface area contributed by atoms with Crippen molar-refractivity contribution < 1.29 is 4.79 Å². The maximum absolute atomic E-state index is 12.9. The first-order valence-corrected chi connectivity index (χ1v) is 11.1. The van der Waals surface area contributed by atoms with Crippen molar-refractivity contribution in [2.45, 2.75) is 18.9 Å². The van der Waals surface area contributed by atoms with Gasteiger partial charge in [0.25, 0.3) is 5.91 Å². The summed E-state index contributed by atoms with van der Waals surface area (Å²) in [5, 5.41) is 16.7. The zero-order valence-corrected chi connectivity index (χ0v) is 18.4. The minimum absolute atomic E-state index is 0.0819. The highest BCUT2D eigenvalue weighted by atomic mass is 16.2. The molecule has 0 radical (unpaired) electrons. The van der Waals surface area contributed by atoms with Gasteiger partial charge in [-0.1, -0.05) is 24.3 Å². The van der Waals surface area contributed by atoms with Crippen LogP contribution in [0, 0.1) is 11.3 Å². The molecule has 1 saturated heterocycles. The Hall–Kier alpha value is -4.02.